The monoisotopic (exact) mass is 396 g/mol. The van der Waals surface area contributed by atoms with E-state index in [1.807, 2.05) is 12.1 Å². The lowest BCUT2D eigenvalue weighted by atomic mass is 10.3. The zero-order valence-electron chi connectivity index (χ0n) is 16.1. The predicted octanol–water partition coefficient (Wildman–Crippen LogP) is 2.28. The number of nitrogens with zero attached hydrogens (tertiary/aromatic N) is 2. The summed E-state index contributed by atoms with van der Waals surface area (Å²) in [6.45, 7) is 2.89. The molecule has 0 unspecified atom stereocenters. The van der Waals surface area contributed by atoms with Gasteiger partial charge in [-0.05, 0) is 37.1 Å². The van der Waals surface area contributed by atoms with Gasteiger partial charge in [0.15, 0.2) is 6.61 Å². The standard InChI is InChI=1S/C21H24N4O4/c26-20(23-17-6-7-19(22-13-17)25-8-10-28-11-9-25)14-29-18-3-1-2-16(12-18)24-21(27)15-4-5-15/h1-3,6-7,12-13,15H,4-5,8-11,14H2,(H,23,26)(H,24,27). The third kappa shape index (κ3) is 5.45. The first-order valence-corrected chi connectivity index (χ1v) is 9.80. The first kappa shape index (κ1) is 19.2. The van der Waals surface area contributed by atoms with Gasteiger partial charge in [0.1, 0.15) is 11.6 Å². The van der Waals surface area contributed by atoms with Crippen LogP contribution in [0, 0.1) is 5.92 Å². The van der Waals surface area contributed by atoms with Crippen LogP contribution in [0.15, 0.2) is 42.6 Å². The van der Waals surface area contributed by atoms with Gasteiger partial charge in [0.05, 0.1) is 25.1 Å². The number of anilines is 3. The third-order valence-corrected chi connectivity index (χ3v) is 4.79. The molecule has 2 aliphatic rings. The summed E-state index contributed by atoms with van der Waals surface area (Å²) in [6, 6.07) is 10.8. The Bertz CT molecular complexity index is 861. The second-order valence-corrected chi connectivity index (χ2v) is 7.13. The predicted molar refractivity (Wildman–Crippen MR) is 109 cm³/mol. The first-order valence-electron chi connectivity index (χ1n) is 9.80. The maximum absolute atomic E-state index is 12.2. The quantitative estimate of drug-likeness (QED) is 0.746. The van der Waals surface area contributed by atoms with Crippen LogP contribution < -0.4 is 20.3 Å². The van der Waals surface area contributed by atoms with Crippen LogP contribution >= 0.6 is 0 Å². The van der Waals surface area contributed by atoms with Gasteiger partial charge < -0.3 is 25.0 Å². The highest BCUT2D eigenvalue weighted by atomic mass is 16.5. The molecule has 1 aromatic heterocycles. The lowest BCUT2D eigenvalue weighted by molar-refractivity contribution is -0.118. The Kier molecular flexibility index (Phi) is 5.90. The Labute approximate surface area is 169 Å². The summed E-state index contributed by atoms with van der Waals surface area (Å²) >= 11 is 0. The molecule has 1 saturated heterocycles. The van der Waals surface area contributed by atoms with Gasteiger partial charge in [0.2, 0.25) is 5.91 Å². The molecule has 2 N–H and O–H groups in total. The zero-order chi connectivity index (χ0) is 20.1. The van der Waals surface area contributed by atoms with Crippen molar-refractivity contribution >= 4 is 29.0 Å². The van der Waals surface area contributed by atoms with E-state index >= 15 is 0 Å². The third-order valence-electron chi connectivity index (χ3n) is 4.79. The number of morpholine rings is 1. The van der Waals surface area contributed by atoms with Crippen LogP contribution in [0.25, 0.3) is 0 Å². The Hall–Kier alpha value is -3.13. The average molecular weight is 396 g/mol. The molecule has 2 aromatic rings. The second-order valence-electron chi connectivity index (χ2n) is 7.13. The zero-order valence-corrected chi connectivity index (χ0v) is 16.1. The summed E-state index contributed by atoms with van der Waals surface area (Å²) in [5.74, 6) is 1.28. The van der Waals surface area contributed by atoms with Crippen LogP contribution in [0.3, 0.4) is 0 Å². The molecule has 8 nitrogen and oxygen atoms in total. The van der Waals surface area contributed by atoms with Gasteiger partial charge in [-0.3, -0.25) is 9.59 Å². The number of hydrogen-bond acceptors (Lipinski definition) is 6. The van der Waals surface area contributed by atoms with Crippen molar-refractivity contribution in [3.63, 3.8) is 0 Å². The Morgan fingerprint density at radius 1 is 1.10 bits per heavy atom. The number of carbonyl (C=O) groups excluding carboxylic acids is 2. The van der Waals surface area contributed by atoms with Crippen molar-refractivity contribution in [1.82, 2.24) is 4.98 Å². The Balaban J connectivity index is 1.26. The molecule has 0 radical (unpaired) electrons. The Morgan fingerprint density at radius 2 is 1.93 bits per heavy atom. The number of ether oxygens (including phenoxy) is 2. The van der Waals surface area contributed by atoms with Crippen LogP contribution in [0.1, 0.15) is 12.8 Å². The van der Waals surface area contributed by atoms with Gasteiger partial charge in [-0.2, -0.15) is 0 Å². The maximum Gasteiger partial charge on any atom is 0.262 e. The second kappa shape index (κ2) is 8.91. The molecule has 2 amide bonds. The highest BCUT2D eigenvalue weighted by molar-refractivity contribution is 5.94. The van der Waals surface area contributed by atoms with Gasteiger partial charge >= 0.3 is 0 Å². The summed E-state index contributed by atoms with van der Waals surface area (Å²) in [5, 5.41) is 5.64. The number of aromatic nitrogens is 1. The maximum atomic E-state index is 12.2. The van der Waals surface area contributed by atoms with Gasteiger partial charge in [0.25, 0.3) is 5.91 Å². The molecular formula is C21H24N4O4. The molecule has 1 aromatic carbocycles. The van der Waals surface area contributed by atoms with Crippen LogP contribution in [-0.2, 0) is 14.3 Å². The summed E-state index contributed by atoms with van der Waals surface area (Å²) < 4.78 is 10.9. The minimum absolute atomic E-state index is 0.0351. The van der Waals surface area contributed by atoms with Crippen molar-refractivity contribution in [1.29, 1.82) is 0 Å². The van der Waals surface area contributed by atoms with E-state index in [0.717, 1.165) is 31.7 Å². The summed E-state index contributed by atoms with van der Waals surface area (Å²) in [4.78, 5) is 30.6. The van der Waals surface area contributed by atoms with Crippen molar-refractivity contribution in [3.8, 4) is 5.75 Å². The van der Waals surface area contributed by atoms with Crippen molar-refractivity contribution < 1.29 is 19.1 Å². The largest absolute Gasteiger partial charge is 0.484 e. The van der Waals surface area contributed by atoms with Crippen molar-refractivity contribution in [2.24, 2.45) is 5.92 Å². The van der Waals surface area contributed by atoms with Crippen molar-refractivity contribution in [2.45, 2.75) is 12.8 Å². The van der Waals surface area contributed by atoms with Gasteiger partial charge in [-0.25, -0.2) is 4.98 Å². The fraction of sp³-hybridized carbons (Fsp3) is 0.381. The Morgan fingerprint density at radius 3 is 2.66 bits per heavy atom. The van der Waals surface area contributed by atoms with Gasteiger partial charge in [-0.1, -0.05) is 6.07 Å². The molecule has 0 spiro atoms. The fourth-order valence-corrected chi connectivity index (χ4v) is 3.04. The topological polar surface area (TPSA) is 92.8 Å². The number of pyridine rings is 1. The number of nitrogens with one attached hydrogen (secondary N) is 2. The number of rotatable bonds is 7. The van der Waals surface area contributed by atoms with Gasteiger partial charge in [-0.15, -0.1) is 0 Å². The van der Waals surface area contributed by atoms with E-state index in [2.05, 4.69) is 20.5 Å². The molecule has 0 bridgehead atoms. The van der Waals surface area contributed by atoms with E-state index in [1.54, 1.807) is 30.5 Å². The van der Waals surface area contributed by atoms with Gasteiger partial charge in [0, 0.05) is 30.8 Å². The highest BCUT2D eigenvalue weighted by Crippen LogP contribution is 2.30. The average Bonchev–Trinajstić information content (AvgIpc) is 3.59. The van der Waals surface area contributed by atoms with E-state index < -0.39 is 0 Å². The molecule has 152 valence electrons. The van der Waals surface area contributed by atoms with Crippen LogP contribution in [-0.4, -0.2) is 49.7 Å². The van der Waals surface area contributed by atoms with E-state index in [4.69, 9.17) is 9.47 Å². The minimum Gasteiger partial charge on any atom is -0.484 e. The summed E-state index contributed by atoms with van der Waals surface area (Å²) in [7, 11) is 0. The molecule has 2 heterocycles. The molecule has 1 aliphatic carbocycles. The van der Waals surface area contributed by atoms with E-state index in [9.17, 15) is 9.59 Å². The summed E-state index contributed by atoms with van der Waals surface area (Å²) in [6.07, 6.45) is 3.53. The van der Waals surface area contributed by atoms with E-state index in [1.165, 1.54) is 0 Å². The highest BCUT2D eigenvalue weighted by Gasteiger charge is 2.29. The minimum atomic E-state index is -0.279. The van der Waals surface area contributed by atoms with Crippen LogP contribution in [0.4, 0.5) is 17.2 Å². The lowest BCUT2D eigenvalue weighted by Crippen LogP contribution is -2.36. The molecule has 4 rings (SSSR count). The van der Waals surface area contributed by atoms with Crippen LogP contribution in [0.2, 0.25) is 0 Å². The molecule has 1 saturated carbocycles. The fourth-order valence-electron chi connectivity index (χ4n) is 3.04. The lowest BCUT2D eigenvalue weighted by Gasteiger charge is -2.27. The number of carbonyl (C=O) groups is 2. The number of benzene rings is 1. The molecular weight excluding hydrogens is 372 g/mol. The van der Waals surface area contributed by atoms with E-state index in [0.29, 0.717) is 30.3 Å². The smallest absolute Gasteiger partial charge is 0.262 e. The first-order chi connectivity index (χ1) is 14.2. The molecule has 8 heteroatoms. The molecule has 29 heavy (non-hydrogen) atoms. The summed E-state index contributed by atoms with van der Waals surface area (Å²) in [5.41, 5.74) is 1.28. The number of hydrogen-bond donors (Lipinski definition) is 2. The SMILES string of the molecule is O=C(COc1cccc(NC(=O)C2CC2)c1)Nc1ccc(N2CCOCC2)nc1. The number of amides is 2. The molecule has 0 atom stereocenters. The van der Waals surface area contributed by atoms with Crippen molar-refractivity contribution in [2.75, 3.05) is 48.4 Å². The van der Waals surface area contributed by atoms with Crippen LogP contribution in [0.5, 0.6) is 5.75 Å². The van der Waals surface area contributed by atoms with Crippen molar-refractivity contribution in [3.05, 3.63) is 42.6 Å². The normalized spacial score (nSPS) is 16.2. The van der Waals surface area contributed by atoms with E-state index in [-0.39, 0.29) is 24.3 Å². The molecule has 2 fully saturated rings. The molecule has 1 aliphatic heterocycles.